The zero-order valence-corrected chi connectivity index (χ0v) is 21.0. The van der Waals surface area contributed by atoms with Crippen molar-refractivity contribution in [1.29, 1.82) is 0 Å². The van der Waals surface area contributed by atoms with Gasteiger partial charge in [0.1, 0.15) is 0 Å². The summed E-state index contributed by atoms with van der Waals surface area (Å²) in [5.74, 6) is 3.43. The predicted octanol–water partition coefficient (Wildman–Crippen LogP) is 6.77. The van der Waals surface area contributed by atoms with E-state index in [1.165, 1.54) is 24.8 Å². The first-order valence-electron chi connectivity index (χ1n) is 13.2. The van der Waals surface area contributed by atoms with Gasteiger partial charge in [0.2, 0.25) is 0 Å². The van der Waals surface area contributed by atoms with E-state index in [9.17, 15) is 10.2 Å². The molecule has 31 heavy (non-hydrogen) atoms. The van der Waals surface area contributed by atoms with Crippen molar-refractivity contribution < 1.29 is 10.2 Å². The highest BCUT2D eigenvalue weighted by atomic mass is 16.3. The standard InChI is InChI=1S/C29H48O2/c1-18(2)19(3)8-9-20(4)22-10-11-25-27(22,6)16-14-26-28(7)15-13-24(30)21(5)23(28)12-17-29(25,26)31/h8-9,18,20-26,30-31H,3,10-17H2,1-2,4-7H3/b9-8+/t20-,21+,22-,23+,24+,25-,26-,27-,28+,29-/m1/s1. The highest BCUT2D eigenvalue weighted by Crippen LogP contribution is 2.70. The van der Waals surface area contributed by atoms with Crippen LogP contribution in [0.25, 0.3) is 0 Å². The SMILES string of the molecule is C=C(/C=C/[C@@H](C)[C@H]1CC[C@@H]2[C@]1(C)CC[C@@H]1[C@@]3(C)CC[C@H](O)[C@@H](C)[C@@H]3CC[C@@]21O)C(C)C. The normalized spacial score (nSPS) is 50.7. The van der Waals surface area contributed by atoms with Crippen molar-refractivity contribution in [2.45, 2.75) is 105 Å². The maximum absolute atomic E-state index is 12.4. The topological polar surface area (TPSA) is 40.5 Å². The Morgan fingerprint density at radius 3 is 2.26 bits per heavy atom. The quantitative estimate of drug-likeness (QED) is 0.485. The Labute approximate surface area is 191 Å². The van der Waals surface area contributed by atoms with Gasteiger partial charge < -0.3 is 10.2 Å². The first-order valence-corrected chi connectivity index (χ1v) is 13.2. The van der Waals surface area contributed by atoms with E-state index < -0.39 is 5.60 Å². The average Bonchev–Trinajstić information content (AvgIpc) is 3.07. The lowest BCUT2D eigenvalue weighted by Gasteiger charge is -2.65. The third kappa shape index (κ3) is 3.50. The molecule has 176 valence electrons. The number of fused-ring (bicyclic) bond motifs is 5. The number of aliphatic hydroxyl groups is 2. The van der Waals surface area contributed by atoms with E-state index >= 15 is 0 Å². The largest absolute Gasteiger partial charge is 0.393 e. The molecule has 0 saturated heterocycles. The van der Waals surface area contributed by atoms with Crippen LogP contribution in [0.15, 0.2) is 24.3 Å². The lowest BCUT2D eigenvalue weighted by atomic mass is 9.41. The first-order chi connectivity index (χ1) is 14.4. The van der Waals surface area contributed by atoms with Gasteiger partial charge in [-0.15, -0.1) is 0 Å². The molecule has 0 amide bonds. The molecule has 2 nitrogen and oxygen atoms in total. The van der Waals surface area contributed by atoms with E-state index in [0.717, 1.165) is 32.1 Å². The Morgan fingerprint density at radius 2 is 1.58 bits per heavy atom. The second-order valence-electron chi connectivity index (χ2n) is 12.9. The second-order valence-corrected chi connectivity index (χ2v) is 12.9. The molecular formula is C29H48O2. The minimum Gasteiger partial charge on any atom is -0.393 e. The molecule has 0 aliphatic heterocycles. The van der Waals surface area contributed by atoms with E-state index in [1.807, 2.05) is 0 Å². The molecule has 10 atom stereocenters. The van der Waals surface area contributed by atoms with Gasteiger partial charge >= 0.3 is 0 Å². The summed E-state index contributed by atoms with van der Waals surface area (Å²) in [4.78, 5) is 0. The molecule has 0 aromatic carbocycles. The summed E-state index contributed by atoms with van der Waals surface area (Å²) in [6, 6.07) is 0. The van der Waals surface area contributed by atoms with Gasteiger partial charge in [0.05, 0.1) is 11.7 Å². The summed E-state index contributed by atoms with van der Waals surface area (Å²) in [6.07, 6.45) is 13.4. The fourth-order valence-electron chi connectivity index (χ4n) is 9.30. The summed E-state index contributed by atoms with van der Waals surface area (Å²) in [6.45, 7) is 18.3. The fourth-order valence-corrected chi connectivity index (χ4v) is 9.30. The predicted molar refractivity (Wildman–Crippen MR) is 130 cm³/mol. The molecule has 2 heteroatoms. The van der Waals surface area contributed by atoms with Crippen LogP contribution in [-0.2, 0) is 0 Å². The van der Waals surface area contributed by atoms with E-state index in [0.29, 0.717) is 41.4 Å². The molecule has 0 aromatic rings. The second kappa shape index (κ2) is 8.01. The molecule has 2 N–H and O–H groups in total. The Balaban J connectivity index is 1.58. The van der Waals surface area contributed by atoms with E-state index in [-0.39, 0.29) is 16.9 Å². The molecule has 0 bridgehead atoms. The van der Waals surface area contributed by atoms with E-state index in [4.69, 9.17) is 0 Å². The van der Waals surface area contributed by atoms with Crippen molar-refractivity contribution in [3.05, 3.63) is 24.3 Å². The van der Waals surface area contributed by atoms with Crippen molar-refractivity contribution in [1.82, 2.24) is 0 Å². The number of hydrogen-bond acceptors (Lipinski definition) is 2. The molecule has 0 radical (unpaired) electrons. The zero-order chi connectivity index (χ0) is 22.8. The molecule has 4 saturated carbocycles. The molecule has 0 unspecified atom stereocenters. The van der Waals surface area contributed by atoms with E-state index in [2.05, 4.69) is 60.3 Å². The number of rotatable bonds is 4. The Bertz CT molecular complexity index is 724. The molecule has 4 rings (SSSR count). The van der Waals surface area contributed by atoms with Crippen LogP contribution in [0.5, 0.6) is 0 Å². The molecule has 0 spiro atoms. The maximum atomic E-state index is 12.4. The van der Waals surface area contributed by atoms with Crippen LogP contribution in [0.2, 0.25) is 0 Å². The van der Waals surface area contributed by atoms with Gasteiger partial charge in [-0.1, -0.05) is 65.8 Å². The number of aliphatic hydroxyl groups excluding tert-OH is 1. The summed E-state index contributed by atoms with van der Waals surface area (Å²) < 4.78 is 0. The third-order valence-electron chi connectivity index (χ3n) is 11.3. The van der Waals surface area contributed by atoms with Crippen molar-refractivity contribution in [2.75, 3.05) is 0 Å². The van der Waals surface area contributed by atoms with Crippen LogP contribution >= 0.6 is 0 Å². The van der Waals surface area contributed by atoms with Crippen LogP contribution in [0.4, 0.5) is 0 Å². The van der Waals surface area contributed by atoms with Gasteiger partial charge in [0.25, 0.3) is 0 Å². The molecule has 4 fully saturated rings. The zero-order valence-electron chi connectivity index (χ0n) is 21.0. The first kappa shape index (κ1) is 23.6. The Hall–Kier alpha value is -0.600. The smallest absolute Gasteiger partial charge is 0.0714 e. The van der Waals surface area contributed by atoms with Gasteiger partial charge in [-0.3, -0.25) is 0 Å². The lowest BCUT2D eigenvalue weighted by molar-refractivity contribution is -0.235. The third-order valence-corrected chi connectivity index (χ3v) is 11.3. The van der Waals surface area contributed by atoms with E-state index in [1.54, 1.807) is 0 Å². The van der Waals surface area contributed by atoms with Gasteiger partial charge in [0.15, 0.2) is 0 Å². The lowest BCUT2D eigenvalue weighted by Crippen LogP contribution is -2.65. The summed E-state index contributed by atoms with van der Waals surface area (Å²) in [7, 11) is 0. The number of hydrogen-bond donors (Lipinski definition) is 2. The molecule has 4 aliphatic rings. The van der Waals surface area contributed by atoms with Crippen LogP contribution in [0, 0.1) is 52.3 Å². The minimum absolute atomic E-state index is 0.151. The fraction of sp³-hybridized carbons (Fsp3) is 0.862. The van der Waals surface area contributed by atoms with Crippen LogP contribution < -0.4 is 0 Å². The van der Waals surface area contributed by atoms with Crippen molar-refractivity contribution in [3.8, 4) is 0 Å². The highest BCUT2D eigenvalue weighted by Gasteiger charge is 2.67. The van der Waals surface area contributed by atoms with Gasteiger partial charge in [-0.2, -0.15) is 0 Å². The van der Waals surface area contributed by atoms with Gasteiger partial charge in [-0.25, -0.2) is 0 Å². The van der Waals surface area contributed by atoms with Crippen LogP contribution in [0.3, 0.4) is 0 Å². The minimum atomic E-state index is -0.514. The van der Waals surface area contributed by atoms with Crippen LogP contribution in [-0.4, -0.2) is 21.9 Å². The summed E-state index contributed by atoms with van der Waals surface area (Å²) in [5.41, 5.74) is 1.12. The Kier molecular flexibility index (Phi) is 6.09. The van der Waals surface area contributed by atoms with Gasteiger partial charge in [-0.05, 0) is 104 Å². The summed E-state index contributed by atoms with van der Waals surface area (Å²) >= 11 is 0. The van der Waals surface area contributed by atoms with Crippen LogP contribution in [0.1, 0.15) is 92.9 Å². The molecule has 0 aromatic heterocycles. The molecule has 4 aliphatic carbocycles. The molecular weight excluding hydrogens is 380 g/mol. The highest BCUT2D eigenvalue weighted by molar-refractivity contribution is 5.20. The monoisotopic (exact) mass is 428 g/mol. The maximum Gasteiger partial charge on any atom is 0.0714 e. The average molecular weight is 429 g/mol. The van der Waals surface area contributed by atoms with Crippen molar-refractivity contribution in [3.63, 3.8) is 0 Å². The number of allylic oxidation sites excluding steroid dienone is 3. The van der Waals surface area contributed by atoms with Crippen molar-refractivity contribution in [2.24, 2.45) is 52.3 Å². The molecule has 0 heterocycles. The van der Waals surface area contributed by atoms with Gasteiger partial charge in [0, 0.05) is 0 Å². The summed E-state index contributed by atoms with van der Waals surface area (Å²) in [5, 5.41) is 22.9. The van der Waals surface area contributed by atoms with Crippen molar-refractivity contribution >= 4 is 0 Å². The Morgan fingerprint density at radius 1 is 0.935 bits per heavy atom.